The van der Waals surface area contributed by atoms with Gasteiger partial charge in [-0.1, -0.05) is 103 Å². The number of hydrogen-bond acceptors (Lipinski definition) is 0. The molecule has 158 valence electrons. The summed E-state index contributed by atoms with van der Waals surface area (Å²) in [6.45, 7) is 36.1. The fourth-order valence-corrected chi connectivity index (χ4v) is 3.11. The topological polar surface area (TPSA) is 0 Å². The molecule has 0 nitrogen and oxygen atoms in total. The van der Waals surface area contributed by atoms with Crippen LogP contribution in [-0.4, -0.2) is 0 Å². The molecule has 2 aromatic carbocycles. The number of rotatable bonds is 2. The highest BCUT2D eigenvalue weighted by atomic mass is 14.3. The Morgan fingerprint density at radius 3 is 1.45 bits per heavy atom. The van der Waals surface area contributed by atoms with Gasteiger partial charge in [0.15, 0.2) is 0 Å². The van der Waals surface area contributed by atoms with E-state index in [-0.39, 0.29) is 16.7 Å². The summed E-state index contributed by atoms with van der Waals surface area (Å²) in [5, 5.41) is 0. The third-order valence-corrected chi connectivity index (χ3v) is 4.49. The molecule has 2 rings (SSSR count). The van der Waals surface area contributed by atoms with E-state index in [0.29, 0.717) is 0 Å². The minimum atomic E-state index is 0.0729. The molecular formula is C29H42. The summed E-state index contributed by atoms with van der Waals surface area (Å²) in [4.78, 5) is 0. The van der Waals surface area contributed by atoms with Crippen molar-refractivity contribution in [3.05, 3.63) is 110 Å². The summed E-state index contributed by atoms with van der Waals surface area (Å²) in [6, 6.07) is 15.1. The van der Waals surface area contributed by atoms with Crippen molar-refractivity contribution in [2.45, 2.75) is 72.1 Å². The van der Waals surface area contributed by atoms with E-state index in [4.69, 9.17) is 0 Å². The summed E-state index contributed by atoms with van der Waals surface area (Å²) in [5.41, 5.74) is 7.41. The van der Waals surface area contributed by atoms with E-state index in [1.165, 1.54) is 27.8 Å². The van der Waals surface area contributed by atoms with Crippen LogP contribution in [0.5, 0.6) is 0 Å². The van der Waals surface area contributed by atoms with Crippen LogP contribution in [0.2, 0.25) is 0 Å². The Hall–Kier alpha value is -1.82. The first kappa shape index (κ1) is 27.2. The zero-order valence-electron chi connectivity index (χ0n) is 20.2. The summed E-state index contributed by atoms with van der Waals surface area (Å²) >= 11 is 0. The Kier molecular flexibility index (Phi) is 10.7. The van der Waals surface area contributed by atoms with Crippen LogP contribution in [-0.2, 0) is 10.8 Å². The Bertz CT molecular complexity index is 710. The largest absolute Gasteiger partial charge is 0.100 e. The van der Waals surface area contributed by atoms with Crippen molar-refractivity contribution in [3.63, 3.8) is 0 Å². The van der Waals surface area contributed by atoms with E-state index in [0.717, 1.165) is 5.57 Å². The Balaban J connectivity index is 0.00000116. The molecule has 1 atom stereocenters. The Morgan fingerprint density at radius 2 is 1.14 bits per heavy atom. The van der Waals surface area contributed by atoms with E-state index in [9.17, 15) is 0 Å². The van der Waals surface area contributed by atoms with Crippen LogP contribution in [0.25, 0.3) is 0 Å². The third-order valence-electron chi connectivity index (χ3n) is 4.49. The van der Waals surface area contributed by atoms with Gasteiger partial charge >= 0.3 is 0 Å². The van der Waals surface area contributed by atoms with Crippen LogP contribution < -0.4 is 0 Å². The molecule has 0 amide bonds. The van der Waals surface area contributed by atoms with Crippen LogP contribution in [0, 0.1) is 27.7 Å². The van der Waals surface area contributed by atoms with Crippen molar-refractivity contribution >= 4 is 0 Å². The van der Waals surface area contributed by atoms with Gasteiger partial charge in [0, 0.05) is 5.92 Å². The monoisotopic (exact) mass is 390 g/mol. The summed E-state index contributed by atoms with van der Waals surface area (Å²) in [5.74, 6) is 0.138. The lowest BCUT2D eigenvalue weighted by atomic mass is 9.74. The van der Waals surface area contributed by atoms with Crippen molar-refractivity contribution < 1.29 is 0 Å². The van der Waals surface area contributed by atoms with Gasteiger partial charge in [0.05, 0.1) is 0 Å². The second-order valence-corrected chi connectivity index (χ2v) is 9.51. The van der Waals surface area contributed by atoms with E-state index in [1.54, 1.807) is 6.92 Å². The first-order valence-electron chi connectivity index (χ1n) is 10.3. The van der Waals surface area contributed by atoms with Gasteiger partial charge in [0.2, 0.25) is 0 Å². The normalized spacial score (nSPS) is 12.1. The molecular weight excluding hydrogens is 348 g/mol. The summed E-state index contributed by atoms with van der Waals surface area (Å²) in [6.07, 6.45) is 0. The molecule has 0 heterocycles. The van der Waals surface area contributed by atoms with Gasteiger partial charge in [-0.2, -0.15) is 0 Å². The zero-order valence-corrected chi connectivity index (χ0v) is 20.2. The van der Waals surface area contributed by atoms with Gasteiger partial charge in [-0.3, -0.25) is 0 Å². The first-order chi connectivity index (χ1) is 13.2. The molecule has 1 unspecified atom stereocenters. The van der Waals surface area contributed by atoms with Gasteiger partial charge in [-0.05, 0) is 66.3 Å². The van der Waals surface area contributed by atoms with Crippen LogP contribution in [0.3, 0.4) is 0 Å². The van der Waals surface area contributed by atoms with Gasteiger partial charge < -0.3 is 0 Å². The summed E-state index contributed by atoms with van der Waals surface area (Å²) in [7, 11) is 0. The maximum absolute atomic E-state index is 4.43. The van der Waals surface area contributed by atoms with E-state index in [1.807, 2.05) is 6.92 Å². The fourth-order valence-electron chi connectivity index (χ4n) is 3.11. The molecule has 0 aliphatic carbocycles. The fraction of sp³-hybridized carbons (Fsp3) is 0.379. The highest BCUT2D eigenvalue weighted by Crippen LogP contribution is 2.37. The maximum atomic E-state index is 4.43. The van der Waals surface area contributed by atoms with E-state index >= 15 is 0 Å². The van der Waals surface area contributed by atoms with Crippen LogP contribution in [0.4, 0.5) is 0 Å². The number of allylic oxidation sites excluding steroid dienone is 1. The number of benzene rings is 2. The lowest BCUT2D eigenvalue weighted by Gasteiger charge is -2.31. The smallest absolute Gasteiger partial charge is 0.00898 e. The van der Waals surface area contributed by atoms with Crippen molar-refractivity contribution in [2.24, 2.45) is 0 Å². The molecule has 0 aromatic heterocycles. The molecule has 0 bridgehead atoms. The molecule has 0 saturated carbocycles. The predicted molar refractivity (Wildman–Crippen MR) is 133 cm³/mol. The molecule has 0 aliphatic rings. The first-order valence-corrected chi connectivity index (χ1v) is 10.3. The second kappa shape index (κ2) is 11.4. The predicted octanol–water partition coefficient (Wildman–Crippen LogP) is 8.67. The van der Waals surface area contributed by atoms with Crippen LogP contribution in [0.15, 0.2) is 54.6 Å². The molecule has 0 N–H and O–H groups in total. The highest BCUT2D eigenvalue weighted by Gasteiger charge is 2.25. The van der Waals surface area contributed by atoms with Crippen LogP contribution in [0.1, 0.15) is 89.1 Å². The van der Waals surface area contributed by atoms with Crippen LogP contribution >= 0.6 is 0 Å². The van der Waals surface area contributed by atoms with Crippen molar-refractivity contribution in [2.75, 3.05) is 0 Å². The Labute approximate surface area is 182 Å². The Morgan fingerprint density at radius 1 is 0.793 bits per heavy atom. The lowest BCUT2D eigenvalue weighted by Crippen LogP contribution is -2.20. The molecule has 0 saturated heterocycles. The molecule has 4 radical (unpaired) electrons. The quantitative estimate of drug-likeness (QED) is 0.481. The molecule has 0 spiro atoms. The average molecular weight is 391 g/mol. The van der Waals surface area contributed by atoms with Gasteiger partial charge in [-0.15, -0.1) is 6.58 Å². The van der Waals surface area contributed by atoms with Gasteiger partial charge in [0.25, 0.3) is 0 Å². The standard InChI is InChI=1S/C23H30.C4H7.C2H5/c1-16(18-12-10-9-11-13-18)19-14-20(22(3,4)5)17(2)21(15-19)23(6,7)8;1-4(2)3;1-2/h9-16H,1-2H2,3-8H3;1-2H2,3H3;1H2,2H3. The minimum absolute atomic E-state index is 0.0729. The zero-order chi connectivity index (χ0) is 23.0. The van der Waals surface area contributed by atoms with Crippen molar-refractivity contribution in [1.29, 1.82) is 0 Å². The SMILES string of the molecule is [CH2]C.[CH2]C(=C)C.[CH2]c1c(C(C)(C)C)cc(C([CH2])c2ccccc2)cc1C(C)(C)C. The average Bonchev–Trinajstić information content (AvgIpc) is 2.61. The molecule has 0 heteroatoms. The highest BCUT2D eigenvalue weighted by molar-refractivity contribution is 5.50. The van der Waals surface area contributed by atoms with Crippen molar-refractivity contribution in [1.82, 2.24) is 0 Å². The van der Waals surface area contributed by atoms with E-state index in [2.05, 4.69) is 118 Å². The number of hydrogen-bond donors (Lipinski definition) is 0. The van der Waals surface area contributed by atoms with Crippen molar-refractivity contribution in [3.8, 4) is 0 Å². The van der Waals surface area contributed by atoms with Gasteiger partial charge in [-0.25, -0.2) is 0 Å². The molecule has 0 aliphatic heterocycles. The minimum Gasteiger partial charge on any atom is -0.100 e. The van der Waals surface area contributed by atoms with Gasteiger partial charge in [0.1, 0.15) is 0 Å². The lowest BCUT2D eigenvalue weighted by molar-refractivity contribution is 0.562. The summed E-state index contributed by atoms with van der Waals surface area (Å²) < 4.78 is 0. The van der Waals surface area contributed by atoms with E-state index < -0.39 is 0 Å². The molecule has 0 fully saturated rings. The molecule has 2 aromatic rings. The maximum Gasteiger partial charge on any atom is 0.00898 e. The third kappa shape index (κ3) is 8.60. The molecule has 29 heavy (non-hydrogen) atoms. The second-order valence-electron chi connectivity index (χ2n) is 9.51.